The molecule has 1 N–H and O–H groups in total. The van der Waals surface area contributed by atoms with Gasteiger partial charge in [0.2, 0.25) is 5.91 Å². The van der Waals surface area contributed by atoms with Crippen molar-refractivity contribution in [3.8, 4) is 0 Å². The Kier molecular flexibility index (Phi) is 4.08. The van der Waals surface area contributed by atoms with Gasteiger partial charge >= 0.3 is 0 Å². The molecule has 0 aromatic carbocycles. The molecule has 124 valence electrons. The summed E-state index contributed by atoms with van der Waals surface area (Å²) in [6.45, 7) is 7.06. The lowest BCUT2D eigenvalue weighted by Crippen LogP contribution is -2.44. The lowest BCUT2D eigenvalue weighted by molar-refractivity contribution is -0.130. The van der Waals surface area contributed by atoms with E-state index in [9.17, 15) is 9.59 Å². The second-order valence-electron chi connectivity index (χ2n) is 7.03. The fourth-order valence-corrected chi connectivity index (χ4v) is 2.98. The third kappa shape index (κ3) is 3.51. The fraction of sp³-hybridized carbons (Fsp3) is 0.647. The Bertz CT molecular complexity index is 631. The Labute approximate surface area is 136 Å². The maximum atomic E-state index is 12.3. The van der Waals surface area contributed by atoms with Crippen molar-refractivity contribution < 1.29 is 9.59 Å². The molecular formula is C17H24N4O2. The van der Waals surface area contributed by atoms with Crippen LogP contribution in [-0.2, 0) is 10.2 Å². The number of carbonyl (C=O) groups is 2. The largest absolute Gasteiger partial charge is 0.348 e. The third-order valence-corrected chi connectivity index (χ3v) is 4.85. The Morgan fingerprint density at radius 2 is 1.91 bits per heavy atom. The van der Waals surface area contributed by atoms with E-state index in [1.807, 2.05) is 11.8 Å². The molecule has 6 nitrogen and oxygen atoms in total. The first-order valence-electron chi connectivity index (χ1n) is 8.30. The van der Waals surface area contributed by atoms with Crippen molar-refractivity contribution >= 4 is 11.8 Å². The molecule has 23 heavy (non-hydrogen) atoms. The number of aromatic nitrogens is 2. The number of hydrogen-bond acceptors (Lipinski definition) is 4. The van der Waals surface area contributed by atoms with Crippen molar-refractivity contribution in [2.45, 2.75) is 57.9 Å². The van der Waals surface area contributed by atoms with Crippen LogP contribution in [-0.4, -0.2) is 45.8 Å². The van der Waals surface area contributed by atoms with E-state index < -0.39 is 0 Å². The van der Waals surface area contributed by atoms with E-state index in [0.29, 0.717) is 24.8 Å². The normalized spacial score (nSPS) is 20.2. The Hall–Kier alpha value is -1.98. The van der Waals surface area contributed by atoms with Crippen molar-refractivity contribution in [3.63, 3.8) is 0 Å². The first-order chi connectivity index (χ1) is 10.9. The molecule has 0 atom stereocenters. The zero-order chi connectivity index (χ0) is 16.6. The summed E-state index contributed by atoms with van der Waals surface area (Å²) in [5, 5.41) is 2.98. The van der Waals surface area contributed by atoms with Crippen molar-refractivity contribution in [3.05, 3.63) is 23.3 Å². The van der Waals surface area contributed by atoms with Gasteiger partial charge in [-0.3, -0.25) is 9.59 Å². The Balaban J connectivity index is 1.80. The van der Waals surface area contributed by atoms with Gasteiger partial charge in [0.25, 0.3) is 5.91 Å². The first-order valence-corrected chi connectivity index (χ1v) is 8.30. The predicted molar refractivity (Wildman–Crippen MR) is 86.1 cm³/mol. The molecule has 2 fully saturated rings. The number of rotatable bonds is 3. The second kappa shape index (κ2) is 5.91. The van der Waals surface area contributed by atoms with E-state index in [2.05, 4.69) is 22.2 Å². The molecule has 0 unspecified atom stereocenters. The molecule has 2 amide bonds. The molecule has 1 aliphatic carbocycles. The van der Waals surface area contributed by atoms with Gasteiger partial charge in [0.05, 0.1) is 0 Å². The summed E-state index contributed by atoms with van der Waals surface area (Å²) >= 11 is 0. The molecular weight excluding hydrogens is 292 g/mol. The molecule has 1 aromatic heterocycles. The van der Waals surface area contributed by atoms with Crippen molar-refractivity contribution in [1.29, 1.82) is 0 Å². The maximum Gasteiger partial charge on any atom is 0.270 e. The second-order valence-corrected chi connectivity index (χ2v) is 7.03. The summed E-state index contributed by atoms with van der Waals surface area (Å²) in [5.74, 6) is 0.729. The minimum absolute atomic E-state index is 0.107. The number of amides is 2. The highest BCUT2D eigenvalue weighted by atomic mass is 16.2. The van der Waals surface area contributed by atoms with Crippen LogP contribution in [0.2, 0.25) is 0 Å². The number of nitrogens with zero attached hydrogens (tertiary/aromatic N) is 3. The highest BCUT2D eigenvalue weighted by Crippen LogP contribution is 2.33. The van der Waals surface area contributed by atoms with Crippen LogP contribution in [0.25, 0.3) is 0 Å². The monoisotopic (exact) mass is 316 g/mol. The van der Waals surface area contributed by atoms with Crippen LogP contribution in [0, 0.1) is 6.92 Å². The van der Waals surface area contributed by atoms with Crippen LogP contribution < -0.4 is 5.32 Å². The van der Waals surface area contributed by atoms with Gasteiger partial charge in [-0.2, -0.15) is 0 Å². The highest BCUT2D eigenvalue weighted by Gasteiger charge is 2.36. The standard InChI is InChI=1S/C17H24N4O2/c1-11-10-14(15(23)19-13-4-5-13)20-16(18-11)17(3)6-8-21(9-7-17)12(2)22/h10,13H,4-9H2,1-3H3,(H,19,23). The molecule has 2 heterocycles. The van der Waals surface area contributed by atoms with E-state index in [1.54, 1.807) is 13.0 Å². The average Bonchev–Trinajstić information content (AvgIpc) is 3.31. The van der Waals surface area contributed by atoms with E-state index in [4.69, 9.17) is 0 Å². The Morgan fingerprint density at radius 1 is 1.26 bits per heavy atom. The maximum absolute atomic E-state index is 12.3. The molecule has 0 radical (unpaired) electrons. The lowest BCUT2D eigenvalue weighted by Gasteiger charge is -2.38. The van der Waals surface area contributed by atoms with Crippen LogP contribution >= 0.6 is 0 Å². The topological polar surface area (TPSA) is 75.2 Å². The summed E-state index contributed by atoms with van der Waals surface area (Å²) < 4.78 is 0. The number of aryl methyl sites for hydroxylation is 1. The van der Waals surface area contributed by atoms with Gasteiger partial charge in [-0.25, -0.2) is 9.97 Å². The molecule has 0 bridgehead atoms. The molecule has 6 heteroatoms. The van der Waals surface area contributed by atoms with Crippen LogP contribution in [0.3, 0.4) is 0 Å². The summed E-state index contributed by atoms with van der Waals surface area (Å²) in [6.07, 6.45) is 3.75. The predicted octanol–water partition coefficient (Wildman–Crippen LogP) is 1.58. The van der Waals surface area contributed by atoms with Gasteiger partial charge < -0.3 is 10.2 Å². The molecule has 3 rings (SSSR count). The molecule has 1 aromatic rings. The molecule has 0 spiro atoms. The SMILES string of the molecule is CC(=O)N1CCC(C)(c2nc(C)cc(C(=O)NC3CC3)n2)CC1. The van der Waals surface area contributed by atoms with Crippen LogP contribution in [0.5, 0.6) is 0 Å². The Morgan fingerprint density at radius 3 is 2.48 bits per heavy atom. The summed E-state index contributed by atoms with van der Waals surface area (Å²) in [7, 11) is 0. The number of piperidine rings is 1. The summed E-state index contributed by atoms with van der Waals surface area (Å²) in [5.41, 5.74) is 1.08. The minimum atomic E-state index is -0.188. The quantitative estimate of drug-likeness (QED) is 0.918. The van der Waals surface area contributed by atoms with Gasteiger partial charge in [-0.05, 0) is 38.7 Å². The van der Waals surface area contributed by atoms with Gasteiger partial charge in [-0.15, -0.1) is 0 Å². The number of nitrogens with one attached hydrogen (secondary N) is 1. The number of hydrogen-bond donors (Lipinski definition) is 1. The van der Waals surface area contributed by atoms with Gasteiger partial charge in [0.15, 0.2) is 0 Å². The van der Waals surface area contributed by atoms with Crippen molar-refractivity contribution in [2.24, 2.45) is 0 Å². The van der Waals surface area contributed by atoms with E-state index in [1.165, 1.54) is 0 Å². The van der Waals surface area contributed by atoms with Gasteiger partial charge in [-0.1, -0.05) is 6.92 Å². The molecule has 2 aliphatic rings. The lowest BCUT2D eigenvalue weighted by atomic mass is 9.79. The highest BCUT2D eigenvalue weighted by molar-refractivity contribution is 5.92. The van der Waals surface area contributed by atoms with Gasteiger partial charge in [0.1, 0.15) is 11.5 Å². The minimum Gasteiger partial charge on any atom is -0.348 e. The molecule has 1 saturated heterocycles. The van der Waals surface area contributed by atoms with E-state index in [0.717, 1.165) is 37.2 Å². The third-order valence-electron chi connectivity index (χ3n) is 4.85. The summed E-state index contributed by atoms with van der Waals surface area (Å²) in [4.78, 5) is 34.8. The van der Waals surface area contributed by atoms with E-state index >= 15 is 0 Å². The molecule has 1 aliphatic heterocycles. The zero-order valence-corrected chi connectivity index (χ0v) is 14.1. The fourth-order valence-electron chi connectivity index (χ4n) is 2.98. The van der Waals surface area contributed by atoms with E-state index in [-0.39, 0.29) is 17.2 Å². The van der Waals surface area contributed by atoms with Gasteiger partial charge in [0, 0.05) is 37.2 Å². The number of likely N-dealkylation sites (tertiary alicyclic amines) is 1. The smallest absolute Gasteiger partial charge is 0.270 e. The number of carbonyl (C=O) groups excluding carboxylic acids is 2. The van der Waals surface area contributed by atoms with Crippen LogP contribution in [0.1, 0.15) is 61.5 Å². The zero-order valence-electron chi connectivity index (χ0n) is 14.1. The average molecular weight is 316 g/mol. The van der Waals surface area contributed by atoms with Crippen LogP contribution in [0.15, 0.2) is 6.07 Å². The van der Waals surface area contributed by atoms with Crippen molar-refractivity contribution in [2.75, 3.05) is 13.1 Å². The first kappa shape index (κ1) is 15.9. The van der Waals surface area contributed by atoms with Crippen molar-refractivity contribution in [1.82, 2.24) is 20.2 Å². The molecule has 1 saturated carbocycles. The summed E-state index contributed by atoms with van der Waals surface area (Å²) in [6, 6.07) is 2.06. The van der Waals surface area contributed by atoms with Crippen LogP contribution in [0.4, 0.5) is 0 Å².